The molecule has 0 radical (unpaired) electrons. The van der Waals surface area contributed by atoms with Crippen LogP contribution >= 0.6 is 11.6 Å². The highest BCUT2D eigenvalue weighted by molar-refractivity contribution is 6.30. The summed E-state index contributed by atoms with van der Waals surface area (Å²) in [4.78, 5) is 17.5. The third-order valence-electron chi connectivity index (χ3n) is 6.87. The van der Waals surface area contributed by atoms with Gasteiger partial charge in [-0.3, -0.25) is 4.79 Å². The molecule has 2 aliphatic rings. The summed E-state index contributed by atoms with van der Waals surface area (Å²) in [5.41, 5.74) is 4.83. The molecule has 5 rings (SSSR count). The zero-order chi connectivity index (χ0) is 25.2. The lowest BCUT2D eigenvalue weighted by Crippen LogP contribution is -2.41. The molecule has 2 atom stereocenters. The number of benzene rings is 3. The van der Waals surface area contributed by atoms with E-state index in [1.165, 1.54) is 0 Å². The number of carbonyl (C=O) groups excluding carboxylic acids is 1. The quantitative estimate of drug-likeness (QED) is 0.414. The number of methoxy groups -OCH3 is 1. The fourth-order valence-electron chi connectivity index (χ4n) is 4.97. The monoisotopic (exact) mass is 506 g/mol. The van der Waals surface area contributed by atoms with E-state index in [1.54, 1.807) is 7.11 Å². The standard InChI is InChI=1S/C29H31ClN2O4/c1-31(2)22-10-12-23(13-11-22)32-28(33)16-20-15-26(34-3)27(36-18-24-5-4-14-35-24)17-25(20)29(32)19-6-8-21(30)9-7-19/h6-13,15,17,24,29H,4-5,14,16,18H2,1-3H3. The van der Waals surface area contributed by atoms with E-state index in [0.717, 1.165) is 47.5 Å². The average molecular weight is 507 g/mol. The number of nitrogens with zero attached hydrogens (tertiary/aromatic N) is 2. The first-order valence-electron chi connectivity index (χ1n) is 12.2. The van der Waals surface area contributed by atoms with Gasteiger partial charge in [0.15, 0.2) is 11.5 Å². The van der Waals surface area contributed by atoms with Crippen molar-refractivity contribution in [3.8, 4) is 11.5 Å². The van der Waals surface area contributed by atoms with Crippen LogP contribution in [0, 0.1) is 0 Å². The molecule has 3 aromatic carbocycles. The Hall–Kier alpha value is -3.22. The molecule has 0 bridgehead atoms. The summed E-state index contributed by atoms with van der Waals surface area (Å²) >= 11 is 6.21. The Balaban J connectivity index is 1.59. The molecule has 1 amide bonds. The molecular formula is C29H31ClN2O4. The molecule has 2 heterocycles. The summed E-state index contributed by atoms with van der Waals surface area (Å²) in [5, 5.41) is 0.651. The molecule has 2 unspecified atom stereocenters. The number of rotatable bonds is 7. The number of hydrogen-bond acceptors (Lipinski definition) is 5. The number of carbonyl (C=O) groups is 1. The predicted molar refractivity (Wildman–Crippen MR) is 143 cm³/mol. The van der Waals surface area contributed by atoms with Gasteiger partial charge in [-0.1, -0.05) is 23.7 Å². The molecule has 0 N–H and O–H groups in total. The van der Waals surface area contributed by atoms with E-state index in [0.29, 0.717) is 23.1 Å². The molecule has 0 saturated carbocycles. The average Bonchev–Trinajstić information content (AvgIpc) is 3.41. The zero-order valence-corrected chi connectivity index (χ0v) is 21.6. The molecule has 6 nitrogen and oxygen atoms in total. The van der Waals surface area contributed by atoms with Crippen LogP contribution in [0.3, 0.4) is 0 Å². The Morgan fingerprint density at radius 2 is 1.81 bits per heavy atom. The predicted octanol–water partition coefficient (Wildman–Crippen LogP) is 5.65. The van der Waals surface area contributed by atoms with Gasteiger partial charge in [0, 0.05) is 37.1 Å². The van der Waals surface area contributed by atoms with E-state index in [4.69, 9.17) is 25.8 Å². The number of halogens is 1. The minimum absolute atomic E-state index is 0.0233. The van der Waals surface area contributed by atoms with E-state index in [1.807, 2.05) is 84.6 Å². The number of fused-ring (bicyclic) bond motifs is 1. The van der Waals surface area contributed by atoms with E-state index in [-0.39, 0.29) is 24.5 Å². The van der Waals surface area contributed by atoms with Gasteiger partial charge in [-0.25, -0.2) is 0 Å². The summed E-state index contributed by atoms with van der Waals surface area (Å²) in [7, 11) is 5.62. The number of anilines is 2. The maximum Gasteiger partial charge on any atom is 0.232 e. The normalized spacial score (nSPS) is 19.2. The maximum absolute atomic E-state index is 13.6. The molecule has 0 spiro atoms. The lowest BCUT2D eigenvalue weighted by Gasteiger charge is -2.38. The van der Waals surface area contributed by atoms with Crippen molar-refractivity contribution in [2.24, 2.45) is 0 Å². The first-order valence-corrected chi connectivity index (χ1v) is 12.6. The minimum atomic E-state index is -0.334. The molecule has 0 aromatic heterocycles. The second-order valence-electron chi connectivity index (χ2n) is 9.45. The Labute approximate surface area is 217 Å². The maximum atomic E-state index is 13.6. The Kier molecular flexibility index (Phi) is 7.08. The summed E-state index contributed by atoms with van der Waals surface area (Å²) in [5.74, 6) is 1.30. The van der Waals surface area contributed by atoms with E-state index in [2.05, 4.69) is 0 Å². The van der Waals surface area contributed by atoms with Crippen LogP contribution in [0.4, 0.5) is 11.4 Å². The minimum Gasteiger partial charge on any atom is -0.493 e. The van der Waals surface area contributed by atoms with Crippen LogP contribution in [0.1, 0.15) is 35.6 Å². The summed E-state index contributed by atoms with van der Waals surface area (Å²) in [6.07, 6.45) is 2.41. The molecule has 3 aromatic rings. The second kappa shape index (κ2) is 10.4. The lowest BCUT2D eigenvalue weighted by molar-refractivity contribution is -0.118. The SMILES string of the molecule is COc1cc2c(cc1OCC1CCCO1)C(c1ccc(Cl)cc1)N(c1ccc(N(C)C)cc1)C(=O)C2. The number of ether oxygens (including phenoxy) is 3. The number of hydrogen-bond donors (Lipinski definition) is 0. The van der Waals surface area contributed by atoms with Gasteiger partial charge in [0.1, 0.15) is 6.61 Å². The van der Waals surface area contributed by atoms with Crippen molar-refractivity contribution in [1.82, 2.24) is 0 Å². The van der Waals surface area contributed by atoms with Gasteiger partial charge in [-0.2, -0.15) is 0 Å². The van der Waals surface area contributed by atoms with Crippen LogP contribution in [0.15, 0.2) is 60.7 Å². The lowest BCUT2D eigenvalue weighted by atomic mass is 9.86. The fourth-order valence-corrected chi connectivity index (χ4v) is 5.09. The van der Waals surface area contributed by atoms with Gasteiger partial charge >= 0.3 is 0 Å². The first kappa shape index (κ1) is 24.5. The largest absolute Gasteiger partial charge is 0.493 e. The van der Waals surface area contributed by atoms with Crippen LogP contribution < -0.4 is 19.3 Å². The van der Waals surface area contributed by atoms with Gasteiger partial charge in [-0.05, 0) is 78.1 Å². The van der Waals surface area contributed by atoms with Crippen molar-refractivity contribution in [1.29, 1.82) is 0 Å². The summed E-state index contributed by atoms with van der Waals surface area (Å²) in [6.45, 7) is 1.24. The molecule has 1 fully saturated rings. The Bertz CT molecular complexity index is 1220. The molecule has 1 saturated heterocycles. The van der Waals surface area contributed by atoms with Gasteiger partial charge in [0.25, 0.3) is 0 Å². The van der Waals surface area contributed by atoms with Gasteiger partial charge in [0.05, 0.1) is 25.7 Å². The van der Waals surface area contributed by atoms with Gasteiger partial charge in [-0.15, -0.1) is 0 Å². The highest BCUT2D eigenvalue weighted by atomic mass is 35.5. The third kappa shape index (κ3) is 4.88. The Morgan fingerprint density at radius 1 is 1.06 bits per heavy atom. The van der Waals surface area contributed by atoms with Gasteiger partial charge in [0.2, 0.25) is 5.91 Å². The molecule has 188 valence electrons. The summed E-state index contributed by atoms with van der Waals surface area (Å²) in [6, 6.07) is 19.4. The van der Waals surface area contributed by atoms with Crippen LogP contribution in [0.2, 0.25) is 5.02 Å². The van der Waals surface area contributed by atoms with Crippen molar-refractivity contribution < 1.29 is 19.0 Å². The molecule has 7 heteroatoms. The van der Waals surface area contributed by atoms with E-state index < -0.39 is 0 Å². The van der Waals surface area contributed by atoms with Crippen LogP contribution in [-0.4, -0.2) is 46.4 Å². The van der Waals surface area contributed by atoms with E-state index >= 15 is 0 Å². The highest BCUT2D eigenvalue weighted by Crippen LogP contribution is 2.44. The zero-order valence-electron chi connectivity index (χ0n) is 20.9. The fraction of sp³-hybridized carbons (Fsp3) is 0.345. The van der Waals surface area contributed by atoms with Crippen molar-refractivity contribution >= 4 is 28.9 Å². The van der Waals surface area contributed by atoms with Crippen LogP contribution in [-0.2, 0) is 16.0 Å². The smallest absolute Gasteiger partial charge is 0.232 e. The van der Waals surface area contributed by atoms with Crippen molar-refractivity contribution in [2.75, 3.05) is 44.2 Å². The van der Waals surface area contributed by atoms with Crippen molar-refractivity contribution in [3.05, 3.63) is 82.4 Å². The van der Waals surface area contributed by atoms with Crippen LogP contribution in [0.5, 0.6) is 11.5 Å². The van der Waals surface area contributed by atoms with Crippen molar-refractivity contribution in [2.45, 2.75) is 31.4 Å². The van der Waals surface area contributed by atoms with Gasteiger partial charge < -0.3 is 24.0 Å². The highest BCUT2D eigenvalue weighted by Gasteiger charge is 2.36. The van der Waals surface area contributed by atoms with E-state index in [9.17, 15) is 4.79 Å². The molecule has 2 aliphatic heterocycles. The van der Waals surface area contributed by atoms with Crippen LogP contribution in [0.25, 0.3) is 0 Å². The molecule has 36 heavy (non-hydrogen) atoms. The molecule has 0 aliphatic carbocycles. The second-order valence-corrected chi connectivity index (χ2v) is 9.89. The topological polar surface area (TPSA) is 51.2 Å². The third-order valence-corrected chi connectivity index (χ3v) is 7.12. The van der Waals surface area contributed by atoms with Crippen molar-refractivity contribution in [3.63, 3.8) is 0 Å². The Morgan fingerprint density at radius 3 is 2.44 bits per heavy atom. The first-order chi connectivity index (χ1) is 17.4. The number of amides is 1. The molecular weight excluding hydrogens is 476 g/mol. The summed E-state index contributed by atoms with van der Waals surface area (Å²) < 4.78 is 17.6.